The number of piperidine rings is 1. The highest BCUT2D eigenvalue weighted by Gasteiger charge is 2.26. The van der Waals surface area contributed by atoms with Crippen molar-refractivity contribution in [2.75, 3.05) is 13.2 Å². The average molecular weight is 312 g/mol. The predicted octanol–water partition coefficient (Wildman–Crippen LogP) is 3.65. The molecule has 1 aromatic rings. The Bertz CT molecular complexity index is 456. The van der Waals surface area contributed by atoms with Crippen LogP contribution in [0.5, 0.6) is 5.75 Å². The van der Waals surface area contributed by atoms with Crippen LogP contribution >= 0.6 is 11.6 Å². The van der Waals surface area contributed by atoms with Crippen LogP contribution in [0.25, 0.3) is 0 Å². The number of β-amino-alcohol motifs (C(OH)–C–C–N with tert-alkyl or cyclic N) is 1. The van der Waals surface area contributed by atoms with Crippen molar-refractivity contribution in [1.82, 2.24) is 4.90 Å². The summed E-state index contributed by atoms with van der Waals surface area (Å²) in [4.78, 5) is 2.39. The van der Waals surface area contributed by atoms with Crippen LogP contribution < -0.4 is 4.74 Å². The SMILES string of the molecule is Cc1cc(OC[C@H](O)CN2[C@@H](C)CCC[C@@H]2C)ccc1Cl. The Hall–Kier alpha value is -0.770. The van der Waals surface area contributed by atoms with Gasteiger partial charge in [0.15, 0.2) is 0 Å². The van der Waals surface area contributed by atoms with Gasteiger partial charge in [-0.3, -0.25) is 4.90 Å². The number of benzene rings is 1. The lowest BCUT2D eigenvalue weighted by atomic mass is 9.97. The van der Waals surface area contributed by atoms with Gasteiger partial charge in [0.1, 0.15) is 18.5 Å². The second-order valence-electron chi connectivity index (χ2n) is 6.20. The smallest absolute Gasteiger partial charge is 0.119 e. The van der Waals surface area contributed by atoms with Crippen LogP contribution in [0.1, 0.15) is 38.7 Å². The van der Waals surface area contributed by atoms with Gasteiger partial charge in [-0.05, 0) is 57.4 Å². The van der Waals surface area contributed by atoms with Crippen molar-refractivity contribution < 1.29 is 9.84 Å². The molecular formula is C17H26ClNO2. The Morgan fingerprint density at radius 3 is 2.62 bits per heavy atom. The first-order valence-corrected chi connectivity index (χ1v) is 8.18. The number of nitrogens with zero attached hydrogens (tertiary/aromatic N) is 1. The molecule has 1 aromatic carbocycles. The van der Waals surface area contributed by atoms with Crippen molar-refractivity contribution in [2.24, 2.45) is 0 Å². The topological polar surface area (TPSA) is 32.7 Å². The number of aliphatic hydroxyl groups excluding tert-OH is 1. The molecule has 1 saturated heterocycles. The fraction of sp³-hybridized carbons (Fsp3) is 0.647. The number of aliphatic hydroxyl groups is 1. The van der Waals surface area contributed by atoms with Crippen molar-refractivity contribution in [3.63, 3.8) is 0 Å². The molecule has 1 aliphatic heterocycles. The molecule has 0 bridgehead atoms. The van der Waals surface area contributed by atoms with Gasteiger partial charge < -0.3 is 9.84 Å². The highest BCUT2D eigenvalue weighted by molar-refractivity contribution is 6.31. The summed E-state index contributed by atoms with van der Waals surface area (Å²) in [7, 11) is 0. The van der Waals surface area contributed by atoms with Crippen LogP contribution in [0.15, 0.2) is 18.2 Å². The van der Waals surface area contributed by atoms with E-state index in [1.54, 1.807) is 0 Å². The number of likely N-dealkylation sites (tertiary alicyclic amines) is 1. The van der Waals surface area contributed by atoms with Crippen LogP contribution in [-0.4, -0.2) is 41.3 Å². The third-order valence-electron chi connectivity index (χ3n) is 4.37. The standard InChI is InChI=1S/C17H26ClNO2/c1-12-9-16(7-8-17(12)18)21-11-15(20)10-19-13(2)5-4-6-14(19)3/h7-9,13-15,20H,4-6,10-11H2,1-3H3/t13-,14-,15+/m0/s1. The number of hydrogen-bond donors (Lipinski definition) is 1. The summed E-state index contributed by atoms with van der Waals surface area (Å²) in [5.41, 5.74) is 0.988. The molecule has 0 spiro atoms. The zero-order valence-electron chi connectivity index (χ0n) is 13.2. The van der Waals surface area contributed by atoms with Gasteiger partial charge in [0.2, 0.25) is 0 Å². The normalized spacial score (nSPS) is 24.8. The van der Waals surface area contributed by atoms with Gasteiger partial charge in [-0.15, -0.1) is 0 Å². The summed E-state index contributed by atoms with van der Waals surface area (Å²) >= 11 is 5.99. The van der Waals surface area contributed by atoms with Gasteiger partial charge in [-0.1, -0.05) is 18.0 Å². The molecule has 21 heavy (non-hydrogen) atoms. The van der Waals surface area contributed by atoms with Crippen LogP contribution in [0, 0.1) is 6.92 Å². The molecule has 0 unspecified atom stereocenters. The molecule has 0 saturated carbocycles. The zero-order valence-corrected chi connectivity index (χ0v) is 13.9. The Kier molecular flexibility index (Phi) is 5.91. The lowest BCUT2D eigenvalue weighted by Crippen LogP contribution is -2.48. The maximum atomic E-state index is 10.2. The minimum absolute atomic E-state index is 0.316. The number of ether oxygens (including phenoxy) is 1. The molecule has 1 fully saturated rings. The van der Waals surface area contributed by atoms with E-state index in [1.165, 1.54) is 19.3 Å². The summed E-state index contributed by atoms with van der Waals surface area (Å²) < 4.78 is 5.68. The van der Waals surface area contributed by atoms with Crippen LogP contribution in [-0.2, 0) is 0 Å². The predicted molar refractivity (Wildman–Crippen MR) is 87.2 cm³/mol. The Morgan fingerprint density at radius 1 is 1.33 bits per heavy atom. The highest BCUT2D eigenvalue weighted by atomic mass is 35.5. The summed E-state index contributed by atoms with van der Waals surface area (Å²) in [6, 6.07) is 6.66. The molecule has 0 amide bonds. The Labute approximate surface area is 132 Å². The molecule has 1 heterocycles. The fourth-order valence-electron chi connectivity index (χ4n) is 3.03. The molecule has 3 nitrogen and oxygen atoms in total. The zero-order chi connectivity index (χ0) is 15.4. The molecular weight excluding hydrogens is 286 g/mol. The molecule has 4 heteroatoms. The van der Waals surface area contributed by atoms with E-state index in [-0.39, 0.29) is 0 Å². The third-order valence-corrected chi connectivity index (χ3v) is 4.79. The summed E-state index contributed by atoms with van der Waals surface area (Å²) in [5.74, 6) is 0.760. The van der Waals surface area contributed by atoms with E-state index >= 15 is 0 Å². The van der Waals surface area contributed by atoms with E-state index in [1.807, 2.05) is 25.1 Å². The number of halogens is 1. The fourth-order valence-corrected chi connectivity index (χ4v) is 3.15. The van der Waals surface area contributed by atoms with Crippen LogP contribution in [0.3, 0.4) is 0 Å². The monoisotopic (exact) mass is 311 g/mol. The quantitative estimate of drug-likeness (QED) is 0.901. The number of hydrogen-bond acceptors (Lipinski definition) is 3. The second-order valence-corrected chi connectivity index (χ2v) is 6.61. The first-order chi connectivity index (χ1) is 9.97. The molecule has 2 rings (SSSR count). The van der Waals surface area contributed by atoms with Gasteiger partial charge in [-0.2, -0.15) is 0 Å². The maximum Gasteiger partial charge on any atom is 0.119 e. The third kappa shape index (κ3) is 4.60. The van der Waals surface area contributed by atoms with E-state index in [0.29, 0.717) is 25.2 Å². The lowest BCUT2D eigenvalue weighted by molar-refractivity contribution is 0.0209. The summed E-state index contributed by atoms with van der Waals surface area (Å²) in [6.45, 7) is 7.42. The minimum atomic E-state index is -0.469. The van der Waals surface area contributed by atoms with E-state index in [9.17, 15) is 5.11 Å². The van der Waals surface area contributed by atoms with Crippen molar-refractivity contribution in [1.29, 1.82) is 0 Å². The minimum Gasteiger partial charge on any atom is -0.491 e. The van der Waals surface area contributed by atoms with Crippen LogP contribution in [0.2, 0.25) is 5.02 Å². The highest BCUT2D eigenvalue weighted by Crippen LogP contribution is 2.23. The Morgan fingerprint density at radius 2 is 2.00 bits per heavy atom. The van der Waals surface area contributed by atoms with Crippen LogP contribution in [0.4, 0.5) is 0 Å². The van der Waals surface area contributed by atoms with Gasteiger partial charge in [-0.25, -0.2) is 0 Å². The summed E-state index contributed by atoms with van der Waals surface area (Å²) in [6.07, 6.45) is 3.25. The molecule has 118 valence electrons. The van der Waals surface area contributed by atoms with E-state index < -0.39 is 6.10 Å². The van der Waals surface area contributed by atoms with Gasteiger partial charge in [0, 0.05) is 23.7 Å². The van der Waals surface area contributed by atoms with Gasteiger partial charge in [0.05, 0.1) is 0 Å². The van der Waals surface area contributed by atoms with Gasteiger partial charge >= 0.3 is 0 Å². The Balaban J connectivity index is 1.83. The molecule has 0 aromatic heterocycles. The van der Waals surface area contributed by atoms with E-state index in [4.69, 9.17) is 16.3 Å². The molecule has 0 aliphatic carbocycles. The molecule has 1 N–H and O–H groups in total. The van der Waals surface area contributed by atoms with Gasteiger partial charge in [0.25, 0.3) is 0 Å². The average Bonchev–Trinajstić information content (AvgIpc) is 2.44. The summed E-state index contributed by atoms with van der Waals surface area (Å²) in [5, 5.41) is 11.0. The molecule has 0 radical (unpaired) electrons. The van der Waals surface area contributed by atoms with Crippen molar-refractivity contribution in [3.8, 4) is 5.75 Å². The molecule has 3 atom stereocenters. The first-order valence-electron chi connectivity index (χ1n) is 7.80. The number of rotatable bonds is 5. The van der Waals surface area contributed by atoms with E-state index in [0.717, 1.165) is 16.3 Å². The van der Waals surface area contributed by atoms with Crippen molar-refractivity contribution >= 4 is 11.6 Å². The number of aryl methyl sites for hydroxylation is 1. The maximum absolute atomic E-state index is 10.2. The largest absolute Gasteiger partial charge is 0.491 e. The van der Waals surface area contributed by atoms with E-state index in [2.05, 4.69) is 18.7 Å². The van der Waals surface area contributed by atoms with Crippen molar-refractivity contribution in [3.05, 3.63) is 28.8 Å². The van der Waals surface area contributed by atoms with Crippen molar-refractivity contribution in [2.45, 2.75) is 58.2 Å². The lowest BCUT2D eigenvalue weighted by Gasteiger charge is -2.40. The first kappa shape index (κ1) is 16.6. The molecule has 1 aliphatic rings. The second kappa shape index (κ2) is 7.48.